The number of aromatic nitrogens is 1. The van der Waals surface area contributed by atoms with Crippen LogP contribution in [0.4, 0.5) is 0 Å². The first-order valence-corrected chi connectivity index (χ1v) is 8.02. The van der Waals surface area contributed by atoms with Crippen molar-refractivity contribution in [1.82, 2.24) is 4.98 Å². The third-order valence-corrected chi connectivity index (χ3v) is 5.26. The molecule has 1 heterocycles. The Morgan fingerprint density at radius 3 is 3.00 bits per heavy atom. The van der Waals surface area contributed by atoms with E-state index in [2.05, 4.69) is 4.98 Å². The Kier molecular flexibility index (Phi) is 2.90. The van der Waals surface area contributed by atoms with E-state index in [-0.39, 0.29) is 17.7 Å². The Morgan fingerprint density at radius 1 is 1.36 bits per heavy atom. The first-order valence-electron chi connectivity index (χ1n) is 8.02. The van der Waals surface area contributed by atoms with Crippen molar-refractivity contribution in [3.05, 3.63) is 35.5 Å². The molecule has 0 unspecified atom stereocenters. The lowest BCUT2D eigenvalue weighted by molar-refractivity contribution is -0.153. The molecule has 1 aromatic carbocycles. The van der Waals surface area contributed by atoms with Gasteiger partial charge in [-0.15, -0.1) is 0 Å². The maximum absolute atomic E-state index is 12.9. The van der Waals surface area contributed by atoms with Gasteiger partial charge in [0.15, 0.2) is 5.78 Å². The summed E-state index contributed by atoms with van der Waals surface area (Å²) >= 11 is 0. The zero-order valence-electron chi connectivity index (χ0n) is 12.6. The fourth-order valence-electron chi connectivity index (χ4n) is 4.40. The highest BCUT2D eigenvalue weighted by atomic mass is 16.5. The molecule has 1 fully saturated rings. The van der Waals surface area contributed by atoms with Crippen molar-refractivity contribution < 1.29 is 14.3 Å². The second-order valence-electron chi connectivity index (χ2n) is 6.28. The van der Waals surface area contributed by atoms with Crippen LogP contribution in [0, 0.1) is 5.92 Å². The van der Waals surface area contributed by atoms with Crippen LogP contribution in [-0.4, -0.2) is 23.3 Å². The van der Waals surface area contributed by atoms with Gasteiger partial charge < -0.3 is 9.72 Å². The second kappa shape index (κ2) is 4.70. The van der Waals surface area contributed by atoms with E-state index in [1.807, 2.05) is 31.2 Å². The van der Waals surface area contributed by atoms with Crippen LogP contribution < -0.4 is 0 Å². The molecule has 1 N–H and O–H groups in total. The predicted octanol–water partition coefficient (Wildman–Crippen LogP) is 3.36. The Labute approximate surface area is 128 Å². The maximum atomic E-state index is 12.9. The summed E-state index contributed by atoms with van der Waals surface area (Å²) in [5.41, 5.74) is 1.66. The average molecular weight is 297 g/mol. The highest BCUT2D eigenvalue weighted by molar-refractivity contribution is 6.14. The molecule has 0 spiro atoms. The molecule has 114 valence electrons. The standard InChI is InChI=1S/C18H19NO3/c1-2-22-17(21)18-10-6-5-8-12(18)16(20)15-14(18)11-7-3-4-9-13(11)19-15/h3-4,7,9,12,19H,2,5-6,8,10H2,1H3/t12-,18+/m0/s1. The van der Waals surface area contributed by atoms with Gasteiger partial charge in [-0.2, -0.15) is 0 Å². The quantitative estimate of drug-likeness (QED) is 0.865. The summed E-state index contributed by atoms with van der Waals surface area (Å²) < 4.78 is 5.40. The van der Waals surface area contributed by atoms with Crippen molar-refractivity contribution in [2.24, 2.45) is 5.92 Å². The summed E-state index contributed by atoms with van der Waals surface area (Å²) in [5, 5.41) is 0.989. The van der Waals surface area contributed by atoms with Crippen LogP contribution in [0.5, 0.6) is 0 Å². The van der Waals surface area contributed by atoms with Gasteiger partial charge in [-0.1, -0.05) is 31.0 Å². The minimum atomic E-state index is -0.777. The zero-order valence-corrected chi connectivity index (χ0v) is 12.6. The number of hydrogen-bond donors (Lipinski definition) is 1. The molecular formula is C18H19NO3. The monoisotopic (exact) mass is 297 g/mol. The van der Waals surface area contributed by atoms with Gasteiger partial charge in [-0.3, -0.25) is 9.59 Å². The van der Waals surface area contributed by atoms with E-state index in [0.29, 0.717) is 18.7 Å². The number of carbonyl (C=O) groups excluding carboxylic acids is 2. The van der Waals surface area contributed by atoms with Crippen molar-refractivity contribution in [3.63, 3.8) is 0 Å². The lowest BCUT2D eigenvalue weighted by atomic mass is 9.65. The Bertz CT molecular complexity index is 776. The molecule has 1 saturated carbocycles. The van der Waals surface area contributed by atoms with Crippen molar-refractivity contribution in [2.45, 2.75) is 38.0 Å². The van der Waals surface area contributed by atoms with Gasteiger partial charge in [-0.25, -0.2) is 0 Å². The maximum Gasteiger partial charge on any atom is 0.317 e. The molecule has 0 radical (unpaired) electrons. The van der Waals surface area contributed by atoms with Crippen molar-refractivity contribution in [1.29, 1.82) is 0 Å². The van der Waals surface area contributed by atoms with Gasteiger partial charge in [0.05, 0.1) is 12.3 Å². The summed E-state index contributed by atoms with van der Waals surface area (Å²) in [6, 6.07) is 7.84. The number of ketones is 1. The van der Waals surface area contributed by atoms with Crippen LogP contribution in [0.3, 0.4) is 0 Å². The molecule has 2 aliphatic carbocycles. The predicted molar refractivity (Wildman–Crippen MR) is 82.9 cm³/mol. The van der Waals surface area contributed by atoms with E-state index in [9.17, 15) is 9.59 Å². The molecule has 0 amide bonds. The summed E-state index contributed by atoms with van der Waals surface area (Å²) in [5.74, 6) is -0.401. The van der Waals surface area contributed by atoms with Crippen molar-refractivity contribution >= 4 is 22.7 Å². The minimum Gasteiger partial charge on any atom is -0.465 e. The highest BCUT2D eigenvalue weighted by Gasteiger charge is 2.60. The highest BCUT2D eigenvalue weighted by Crippen LogP contribution is 2.54. The molecule has 2 aliphatic rings. The first kappa shape index (κ1) is 13.6. The largest absolute Gasteiger partial charge is 0.465 e. The number of benzene rings is 1. The lowest BCUT2D eigenvalue weighted by Gasteiger charge is -2.36. The number of ether oxygens (including phenoxy) is 1. The van der Waals surface area contributed by atoms with E-state index in [4.69, 9.17) is 4.74 Å². The number of rotatable bonds is 2. The molecule has 0 saturated heterocycles. The number of nitrogens with one attached hydrogen (secondary N) is 1. The average Bonchev–Trinajstić information content (AvgIpc) is 3.04. The van der Waals surface area contributed by atoms with Gasteiger partial charge in [0.2, 0.25) is 0 Å². The molecule has 2 atom stereocenters. The summed E-state index contributed by atoms with van der Waals surface area (Å²) in [7, 11) is 0. The Hall–Kier alpha value is -2.10. The molecular weight excluding hydrogens is 278 g/mol. The van der Waals surface area contributed by atoms with Crippen LogP contribution in [0.25, 0.3) is 10.9 Å². The number of H-pyrrole nitrogens is 1. The summed E-state index contributed by atoms with van der Waals surface area (Å²) in [6.07, 6.45) is 3.44. The van der Waals surface area contributed by atoms with E-state index >= 15 is 0 Å². The third kappa shape index (κ3) is 1.52. The summed E-state index contributed by atoms with van der Waals surface area (Å²) in [6.45, 7) is 2.17. The number of aromatic amines is 1. The second-order valence-corrected chi connectivity index (χ2v) is 6.28. The van der Waals surface area contributed by atoms with E-state index in [1.165, 1.54) is 0 Å². The fourth-order valence-corrected chi connectivity index (χ4v) is 4.40. The van der Waals surface area contributed by atoms with Gasteiger partial charge >= 0.3 is 5.97 Å². The van der Waals surface area contributed by atoms with Crippen LogP contribution >= 0.6 is 0 Å². The van der Waals surface area contributed by atoms with Crippen LogP contribution in [-0.2, 0) is 14.9 Å². The van der Waals surface area contributed by atoms with Crippen molar-refractivity contribution in [2.75, 3.05) is 6.61 Å². The van der Waals surface area contributed by atoms with Crippen LogP contribution in [0.2, 0.25) is 0 Å². The van der Waals surface area contributed by atoms with Crippen molar-refractivity contribution in [3.8, 4) is 0 Å². The topological polar surface area (TPSA) is 59.2 Å². The van der Waals surface area contributed by atoms with E-state index < -0.39 is 5.41 Å². The van der Waals surface area contributed by atoms with Gasteiger partial charge in [0.1, 0.15) is 5.41 Å². The molecule has 0 bridgehead atoms. The number of carbonyl (C=O) groups is 2. The zero-order chi connectivity index (χ0) is 15.3. The molecule has 1 aromatic heterocycles. The van der Waals surface area contributed by atoms with Crippen LogP contribution in [0.1, 0.15) is 48.7 Å². The lowest BCUT2D eigenvalue weighted by Crippen LogP contribution is -2.45. The first-order chi connectivity index (χ1) is 10.7. The number of fused-ring (bicyclic) bond motifs is 5. The normalized spacial score (nSPS) is 26.8. The SMILES string of the molecule is CCOC(=O)[C@]12CCCC[C@H]1C(=O)c1[nH]c3ccccc3c12. The number of para-hydroxylation sites is 1. The molecule has 4 rings (SSSR count). The minimum absolute atomic E-state index is 0.0824. The van der Waals surface area contributed by atoms with Crippen LogP contribution in [0.15, 0.2) is 24.3 Å². The van der Waals surface area contributed by atoms with E-state index in [0.717, 1.165) is 35.7 Å². The molecule has 4 nitrogen and oxygen atoms in total. The number of esters is 1. The van der Waals surface area contributed by atoms with E-state index in [1.54, 1.807) is 0 Å². The molecule has 4 heteroatoms. The number of Topliss-reactive ketones (excluding diaryl/α,β-unsaturated/α-hetero) is 1. The Balaban J connectivity index is 2.01. The third-order valence-electron chi connectivity index (χ3n) is 5.26. The molecule has 0 aliphatic heterocycles. The summed E-state index contributed by atoms with van der Waals surface area (Å²) in [4.78, 5) is 29.0. The van der Waals surface area contributed by atoms with Gasteiger partial charge in [0.25, 0.3) is 0 Å². The molecule has 22 heavy (non-hydrogen) atoms. The fraction of sp³-hybridized carbons (Fsp3) is 0.444. The van der Waals surface area contributed by atoms with Gasteiger partial charge in [-0.05, 0) is 25.8 Å². The Morgan fingerprint density at radius 2 is 2.18 bits per heavy atom. The number of hydrogen-bond acceptors (Lipinski definition) is 3. The molecule has 2 aromatic rings. The van der Waals surface area contributed by atoms with Gasteiger partial charge in [0, 0.05) is 22.4 Å². The smallest absolute Gasteiger partial charge is 0.317 e.